The van der Waals surface area contributed by atoms with E-state index in [9.17, 15) is 13.9 Å². The van der Waals surface area contributed by atoms with E-state index < -0.39 is 11.6 Å². The van der Waals surface area contributed by atoms with Crippen LogP contribution < -0.4 is 0 Å². The summed E-state index contributed by atoms with van der Waals surface area (Å²) in [6, 6.07) is 9.07. The molecule has 0 saturated heterocycles. The first kappa shape index (κ1) is 11.3. The summed E-state index contributed by atoms with van der Waals surface area (Å²) < 4.78 is 26.4. The standard InChI is InChI=1S/C12H7F2IO/c13-9-6-5-8(12(15)11(9)14)7-3-1-2-4-10(7)16/h1-6,16H. The van der Waals surface area contributed by atoms with Gasteiger partial charge in [0.25, 0.3) is 0 Å². The highest BCUT2D eigenvalue weighted by molar-refractivity contribution is 14.1. The van der Waals surface area contributed by atoms with Crippen LogP contribution in [0.25, 0.3) is 11.1 Å². The largest absolute Gasteiger partial charge is 0.507 e. The van der Waals surface area contributed by atoms with Crippen LogP contribution in [0.3, 0.4) is 0 Å². The van der Waals surface area contributed by atoms with Gasteiger partial charge in [0.15, 0.2) is 11.6 Å². The molecule has 0 aliphatic rings. The summed E-state index contributed by atoms with van der Waals surface area (Å²) in [6.45, 7) is 0. The molecule has 0 amide bonds. The highest BCUT2D eigenvalue weighted by Crippen LogP contribution is 2.33. The van der Waals surface area contributed by atoms with Gasteiger partial charge >= 0.3 is 0 Å². The first-order chi connectivity index (χ1) is 7.61. The lowest BCUT2D eigenvalue weighted by molar-refractivity contribution is 0.477. The summed E-state index contributed by atoms with van der Waals surface area (Å²) in [7, 11) is 0. The number of aromatic hydroxyl groups is 1. The van der Waals surface area contributed by atoms with Gasteiger partial charge in [-0.2, -0.15) is 0 Å². The van der Waals surface area contributed by atoms with Crippen LogP contribution in [-0.2, 0) is 0 Å². The summed E-state index contributed by atoms with van der Waals surface area (Å²) in [4.78, 5) is 0. The molecule has 0 aromatic heterocycles. The highest BCUT2D eigenvalue weighted by atomic mass is 127. The van der Waals surface area contributed by atoms with Gasteiger partial charge in [0.1, 0.15) is 5.75 Å². The van der Waals surface area contributed by atoms with E-state index >= 15 is 0 Å². The molecule has 4 heteroatoms. The summed E-state index contributed by atoms with van der Waals surface area (Å²) in [5.41, 5.74) is 0.975. The summed E-state index contributed by atoms with van der Waals surface area (Å²) in [5.74, 6) is -1.73. The molecule has 0 fully saturated rings. The minimum absolute atomic E-state index is 0.0476. The Bertz CT molecular complexity index is 541. The maximum Gasteiger partial charge on any atom is 0.172 e. The molecule has 0 saturated carbocycles. The number of phenols is 1. The van der Waals surface area contributed by atoms with Gasteiger partial charge in [0, 0.05) is 11.1 Å². The lowest BCUT2D eigenvalue weighted by Gasteiger charge is -2.07. The average molecular weight is 332 g/mol. The molecule has 0 atom stereocenters. The van der Waals surface area contributed by atoms with Gasteiger partial charge < -0.3 is 5.11 Å². The molecule has 0 aliphatic carbocycles. The zero-order valence-corrected chi connectivity index (χ0v) is 10.2. The van der Waals surface area contributed by atoms with E-state index in [0.717, 1.165) is 6.07 Å². The van der Waals surface area contributed by atoms with Crippen molar-refractivity contribution in [2.24, 2.45) is 0 Å². The Labute approximate surface area is 105 Å². The van der Waals surface area contributed by atoms with Gasteiger partial charge in [0.05, 0.1) is 3.57 Å². The smallest absolute Gasteiger partial charge is 0.172 e. The van der Waals surface area contributed by atoms with Gasteiger partial charge in [-0.1, -0.05) is 24.3 Å². The van der Waals surface area contributed by atoms with Crippen molar-refractivity contribution in [2.75, 3.05) is 0 Å². The van der Waals surface area contributed by atoms with Gasteiger partial charge in [-0.3, -0.25) is 0 Å². The van der Waals surface area contributed by atoms with Crippen LogP contribution in [0.15, 0.2) is 36.4 Å². The second-order valence-electron chi connectivity index (χ2n) is 3.24. The SMILES string of the molecule is Oc1ccccc1-c1ccc(F)c(F)c1I. The zero-order valence-electron chi connectivity index (χ0n) is 8.05. The fourth-order valence-corrected chi connectivity index (χ4v) is 2.16. The third kappa shape index (κ3) is 1.89. The van der Waals surface area contributed by atoms with Gasteiger partial charge in [-0.05, 0) is 34.7 Å². The normalized spacial score (nSPS) is 10.4. The van der Waals surface area contributed by atoms with E-state index in [1.807, 2.05) is 0 Å². The van der Waals surface area contributed by atoms with Crippen molar-refractivity contribution in [1.29, 1.82) is 0 Å². The van der Waals surface area contributed by atoms with Crippen molar-refractivity contribution in [3.8, 4) is 16.9 Å². The Hall–Kier alpha value is -1.17. The third-order valence-corrected chi connectivity index (χ3v) is 3.28. The van der Waals surface area contributed by atoms with Crippen LogP contribution >= 0.6 is 22.6 Å². The second-order valence-corrected chi connectivity index (χ2v) is 4.32. The maximum absolute atomic E-state index is 13.3. The Morgan fingerprint density at radius 1 is 0.938 bits per heavy atom. The molecule has 2 aromatic carbocycles. The van der Waals surface area contributed by atoms with Crippen molar-refractivity contribution in [1.82, 2.24) is 0 Å². The third-order valence-electron chi connectivity index (χ3n) is 2.23. The maximum atomic E-state index is 13.3. The monoisotopic (exact) mass is 332 g/mol. The molecule has 0 spiro atoms. The quantitative estimate of drug-likeness (QED) is 0.619. The Morgan fingerprint density at radius 3 is 2.31 bits per heavy atom. The van der Waals surface area contributed by atoms with Crippen LogP contribution in [0.1, 0.15) is 0 Å². The van der Waals surface area contributed by atoms with Crippen molar-refractivity contribution < 1.29 is 13.9 Å². The van der Waals surface area contributed by atoms with Gasteiger partial charge in [-0.25, -0.2) is 8.78 Å². The molecule has 0 unspecified atom stereocenters. The van der Waals surface area contributed by atoms with Crippen LogP contribution in [0.5, 0.6) is 5.75 Å². The summed E-state index contributed by atoms with van der Waals surface area (Å²) >= 11 is 1.72. The average Bonchev–Trinajstić information content (AvgIpc) is 2.28. The molecular formula is C12H7F2IO. The van der Waals surface area contributed by atoms with Crippen molar-refractivity contribution in [2.45, 2.75) is 0 Å². The van der Waals surface area contributed by atoms with Gasteiger partial charge in [0.2, 0.25) is 0 Å². The Morgan fingerprint density at radius 2 is 1.62 bits per heavy atom. The van der Waals surface area contributed by atoms with E-state index in [0.29, 0.717) is 11.1 Å². The number of para-hydroxylation sites is 1. The molecule has 0 heterocycles. The number of hydrogen-bond acceptors (Lipinski definition) is 1. The molecule has 1 N–H and O–H groups in total. The van der Waals surface area contributed by atoms with Crippen molar-refractivity contribution in [3.63, 3.8) is 0 Å². The number of hydrogen-bond donors (Lipinski definition) is 1. The minimum atomic E-state index is -0.888. The molecule has 16 heavy (non-hydrogen) atoms. The van der Waals surface area contributed by atoms with Crippen LogP contribution in [0.4, 0.5) is 8.78 Å². The Balaban J connectivity index is 2.66. The fourth-order valence-electron chi connectivity index (χ4n) is 1.44. The summed E-state index contributed by atoms with van der Waals surface area (Å²) in [5, 5.41) is 9.63. The number of benzene rings is 2. The first-order valence-electron chi connectivity index (χ1n) is 4.53. The molecule has 2 rings (SSSR count). The van der Waals surface area contributed by atoms with Crippen LogP contribution in [0.2, 0.25) is 0 Å². The highest BCUT2D eigenvalue weighted by Gasteiger charge is 2.14. The van der Waals surface area contributed by atoms with Gasteiger partial charge in [-0.15, -0.1) is 0 Å². The number of rotatable bonds is 1. The van der Waals surface area contributed by atoms with Crippen molar-refractivity contribution >= 4 is 22.6 Å². The molecule has 0 radical (unpaired) electrons. The predicted molar refractivity (Wildman–Crippen MR) is 66.2 cm³/mol. The Kier molecular flexibility index (Phi) is 3.09. The zero-order chi connectivity index (χ0) is 11.7. The molecular weight excluding hydrogens is 325 g/mol. The van der Waals surface area contributed by atoms with E-state index in [4.69, 9.17) is 0 Å². The van der Waals surface area contributed by atoms with Crippen molar-refractivity contribution in [3.05, 3.63) is 51.6 Å². The van der Waals surface area contributed by atoms with E-state index in [1.165, 1.54) is 12.1 Å². The number of halogens is 3. The lowest BCUT2D eigenvalue weighted by atomic mass is 10.0. The second kappa shape index (κ2) is 4.37. The molecule has 0 aliphatic heterocycles. The predicted octanol–water partition coefficient (Wildman–Crippen LogP) is 3.94. The lowest BCUT2D eigenvalue weighted by Crippen LogP contribution is -1.92. The van der Waals surface area contributed by atoms with E-state index in [-0.39, 0.29) is 9.32 Å². The summed E-state index contributed by atoms with van der Waals surface area (Å²) in [6.07, 6.45) is 0. The number of phenolic OH excluding ortho intramolecular Hbond substituents is 1. The van der Waals surface area contributed by atoms with Crippen LogP contribution in [0, 0.1) is 15.2 Å². The topological polar surface area (TPSA) is 20.2 Å². The minimum Gasteiger partial charge on any atom is -0.507 e. The molecule has 2 aromatic rings. The molecule has 0 bridgehead atoms. The fraction of sp³-hybridized carbons (Fsp3) is 0. The first-order valence-corrected chi connectivity index (χ1v) is 5.61. The van der Waals surface area contributed by atoms with E-state index in [2.05, 4.69) is 0 Å². The molecule has 82 valence electrons. The van der Waals surface area contributed by atoms with Crippen LogP contribution in [-0.4, -0.2) is 5.11 Å². The molecule has 1 nitrogen and oxygen atoms in total. The van der Waals surface area contributed by atoms with E-state index in [1.54, 1.807) is 40.8 Å².